The summed E-state index contributed by atoms with van der Waals surface area (Å²) in [5, 5.41) is 0.583. The van der Waals surface area contributed by atoms with E-state index in [2.05, 4.69) is 19.6 Å². The van der Waals surface area contributed by atoms with Crippen molar-refractivity contribution in [2.75, 3.05) is 0 Å². The van der Waals surface area contributed by atoms with Gasteiger partial charge in [-0.1, -0.05) is 29.8 Å². The van der Waals surface area contributed by atoms with E-state index in [1.807, 2.05) is 0 Å². The van der Waals surface area contributed by atoms with Gasteiger partial charge >= 0.3 is 0 Å². The minimum Gasteiger partial charge on any atom is -0.303 e. The van der Waals surface area contributed by atoms with Crippen LogP contribution in [0.2, 0.25) is 0 Å². The Morgan fingerprint density at radius 3 is 2.92 bits per heavy atom. The van der Waals surface area contributed by atoms with Gasteiger partial charge in [0.1, 0.15) is 6.29 Å². The molecule has 0 N–H and O–H groups in total. The number of halogens is 1. The Labute approximate surface area is 84.5 Å². The van der Waals surface area contributed by atoms with Gasteiger partial charge in [-0.2, -0.15) is 0 Å². The molecule has 13 heavy (non-hydrogen) atoms. The van der Waals surface area contributed by atoms with Crippen LogP contribution in [0.5, 0.6) is 0 Å². The van der Waals surface area contributed by atoms with Gasteiger partial charge < -0.3 is 4.79 Å². The Morgan fingerprint density at radius 2 is 2.54 bits per heavy atom. The third-order valence-corrected chi connectivity index (χ3v) is 2.80. The van der Waals surface area contributed by atoms with Crippen molar-refractivity contribution < 1.29 is 4.79 Å². The van der Waals surface area contributed by atoms with Crippen molar-refractivity contribution in [2.45, 2.75) is 32.6 Å². The summed E-state index contributed by atoms with van der Waals surface area (Å²) in [5.41, 5.74) is 1.11. The fourth-order valence-electron chi connectivity index (χ4n) is 1.72. The Bertz CT molecular complexity index is 255. The van der Waals surface area contributed by atoms with Crippen LogP contribution >= 0.6 is 11.6 Å². The van der Waals surface area contributed by atoms with Crippen LogP contribution in [0.1, 0.15) is 32.6 Å². The van der Waals surface area contributed by atoms with Gasteiger partial charge in [0.05, 0.1) is 0 Å². The van der Waals surface area contributed by atoms with Gasteiger partial charge in [0.15, 0.2) is 0 Å². The van der Waals surface area contributed by atoms with Gasteiger partial charge in [-0.25, -0.2) is 0 Å². The maximum atomic E-state index is 11.0. The van der Waals surface area contributed by atoms with E-state index in [1.54, 1.807) is 0 Å². The first-order valence-electron chi connectivity index (χ1n) is 4.53. The smallest absolute Gasteiger partial charge is 0.126 e. The molecule has 0 radical (unpaired) electrons. The molecule has 2 heteroatoms. The van der Waals surface area contributed by atoms with Crippen LogP contribution in [0.25, 0.3) is 0 Å². The summed E-state index contributed by atoms with van der Waals surface area (Å²) in [7, 11) is 0. The van der Waals surface area contributed by atoms with Crippen LogP contribution in [-0.2, 0) is 4.79 Å². The number of allylic oxidation sites excluding steroid dienone is 3. The van der Waals surface area contributed by atoms with Crippen LogP contribution in [0, 0.1) is 5.41 Å². The number of hydrogen-bond donors (Lipinski definition) is 0. The third-order valence-electron chi connectivity index (χ3n) is 2.67. The van der Waals surface area contributed by atoms with E-state index in [0.29, 0.717) is 11.5 Å². The number of rotatable bonds is 3. The van der Waals surface area contributed by atoms with Gasteiger partial charge in [-0.05, 0) is 32.6 Å². The zero-order chi connectivity index (χ0) is 9.90. The fourth-order valence-corrected chi connectivity index (χ4v) is 1.99. The SMILES string of the molecule is C=C(Cl)CC1(C=O)CC=C(C)CC1. The van der Waals surface area contributed by atoms with Crippen molar-refractivity contribution in [3.05, 3.63) is 23.3 Å². The van der Waals surface area contributed by atoms with E-state index in [9.17, 15) is 4.79 Å². The molecule has 0 aliphatic heterocycles. The molecule has 0 saturated heterocycles. The molecule has 1 nitrogen and oxygen atoms in total. The maximum Gasteiger partial charge on any atom is 0.126 e. The van der Waals surface area contributed by atoms with E-state index in [0.717, 1.165) is 25.5 Å². The lowest BCUT2D eigenvalue weighted by atomic mass is 9.74. The average molecular weight is 199 g/mol. The van der Waals surface area contributed by atoms with Crippen molar-refractivity contribution >= 4 is 17.9 Å². The van der Waals surface area contributed by atoms with Gasteiger partial charge in [0, 0.05) is 10.4 Å². The van der Waals surface area contributed by atoms with Crippen LogP contribution < -0.4 is 0 Å². The standard InChI is InChI=1S/C11H15ClO/c1-9-3-5-11(8-13,6-4-9)7-10(2)12/h3,8H,2,4-7H2,1H3. The van der Waals surface area contributed by atoms with Gasteiger partial charge in [0.2, 0.25) is 0 Å². The van der Waals surface area contributed by atoms with Crippen LogP contribution in [-0.4, -0.2) is 6.29 Å². The number of carbonyl (C=O) groups is 1. The minimum atomic E-state index is -0.266. The molecule has 0 aromatic carbocycles. The second kappa shape index (κ2) is 4.10. The average Bonchev–Trinajstić information content (AvgIpc) is 2.09. The summed E-state index contributed by atoms with van der Waals surface area (Å²) in [6.07, 6.45) is 6.52. The lowest BCUT2D eigenvalue weighted by molar-refractivity contribution is -0.116. The van der Waals surface area contributed by atoms with Crippen LogP contribution in [0.15, 0.2) is 23.3 Å². The van der Waals surface area contributed by atoms with E-state index >= 15 is 0 Å². The monoisotopic (exact) mass is 198 g/mol. The molecule has 1 atom stereocenters. The molecule has 1 aliphatic rings. The van der Waals surface area contributed by atoms with Crippen molar-refractivity contribution in [2.24, 2.45) is 5.41 Å². The molecule has 1 unspecified atom stereocenters. The molecule has 0 spiro atoms. The van der Waals surface area contributed by atoms with E-state index in [-0.39, 0.29) is 5.41 Å². The van der Waals surface area contributed by atoms with E-state index < -0.39 is 0 Å². The topological polar surface area (TPSA) is 17.1 Å². The number of hydrogen-bond acceptors (Lipinski definition) is 1. The lowest BCUT2D eigenvalue weighted by Gasteiger charge is -2.30. The molecule has 1 aliphatic carbocycles. The first-order chi connectivity index (χ1) is 6.08. The molecule has 0 amide bonds. The van der Waals surface area contributed by atoms with Crippen molar-refractivity contribution in [3.8, 4) is 0 Å². The normalized spacial score (nSPS) is 28.0. The van der Waals surface area contributed by atoms with Gasteiger partial charge in [-0.3, -0.25) is 0 Å². The largest absolute Gasteiger partial charge is 0.303 e. The quantitative estimate of drug-likeness (QED) is 0.502. The molecule has 0 heterocycles. The van der Waals surface area contributed by atoms with Crippen LogP contribution in [0.3, 0.4) is 0 Å². The zero-order valence-corrected chi connectivity index (χ0v) is 8.73. The van der Waals surface area contributed by atoms with Crippen LogP contribution in [0.4, 0.5) is 0 Å². The number of carbonyl (C=O) groups excluding carboxylic acids is 1. The Hall–Kier alpha value is -0.560. The molecular weight excluding hydrogens is 184 g/mol. The highest BCUT2D eigenvalue weighted by molar-refractivity contribution is 6.29. The molecule has 72 valence electrons. The molecule has 0 bridgehead atoms. The van der Waals surface area contributed by atoms with Crippen molar-refractivity contribution in [3.63, 3.8) is 0 Å². The lowest BCUT2D eigenvalue weighted by Crippen LogP contribution is -2.24. The zero-order valence-electron chi connectivity index (χ0n) is 7.98. The second-order valence-corrected chi connectivity index (χ2v) is 4.46. The summed E-state index contributed by atoms with van der Waals surface area (Å²) in [6, 6.07) is 0. The Balaban J connectivity index is 2.72. The van der Waals surface area contributed by atoms with Gasteiger partial charge in [0.25, 0.3) is 0 Å². The molecular formula is C11H15ClO. The van der Waals surface area contributed by atoms with Crippen molar-refractivity contribution in [1.29, 1.82) is 0 Å². The Kier molecular flexibility index (Phi) is 3.32. The highest BCUT2D eigenvalue weighted by Gasteiger charge is 2.31. The summed E-state index contributed by atoms with van der Waals surface area (Å²) >= 11 is 5.74. The summed E-state index contributed by atoms with van der Waals surface area (Å²) in [5.74, 6) is 0. The predicted molar refractivity (Wildman–Crippen MR) is 55.7 cm³/mol. The van der Waals surface area contributed by atoms with E-state index in [4.69, 9.17) is 11.6 Å². The summed E-state index contributed by atoms with van der Waals surface area (Å²) in [6.45, 7) is 5.75. The summed E-state index contributed by atoms with van der Waals surface area (Å²) in [4.78, 5) is 11.0. The first kappa shape index (κ1) is 10.5. The molecule has 1 rings (SSSR count). The minimum absolute atomic E-state index is 0.266. The third kappa shape index (κ3) is 2.70. The maximum absolute atomic E-state index is 11.0. The van der Waals surface area contributed by atoms with E-state index in [1.165, 1.54) is 5.57 Å². The molecule has 0 aromatic heterocycles. The summed E-state index contributed by atoms with van der Waals surface area (Å²) < 4.78 is 0. The predicted octanol–water partition coefficient (Wildman–Crippen LogP) is 3.44. The molecule has 0 saturated carbocycles. The van der Waals surface area contributed by atoms with Crippen molar-refractivity contribution in [1.82, 2.24) is 0 Å². The fraction of sp³-hybridized carbons (Fsp3) is 0.545. The second-order valence-electron chi connectivity index (χ2n) is 3.93. The highest BCUT2D eigenvalue weighted by atomic mass is 35.5. The first-order valence-corrected chi connectivity index (χ1v) is 4.91. The Morgan fingerprint density at radius 1 is 1.85 bits per heavy atom. The number of aldehydes is 1. The molecule has 0 fully saturated rings. The molecule has 0 aromatic rings. The van der Waals surface area contributed by atoms with Gasteiger partial charge in [-0.15, -0.1) is 0 Å². The highest BCUT2D eigenvalue weighted by Crippen LogP contribution is 2.39.